The lowest BCUT2D eigenvalue weighted by Gasteiger charge is -2.33. The Morgan fingerprint density at radius 3 is 2.67 bits per heavy atom. The van der Waals surface area contributed by atoms with E-state index < -0.39 is 5.60 Å². The van der Waals surface area contributed by atoms with Crippen molar-refractivity contribution in [2.24, 2.45) is 11.7 Å². The smallest absolute Gasteiger partial charge is 0.228 e. The molecule has 1 atom stereocenters. The molecule has 0 saturated carbocycles. The molecule has 120 valence electrons. The summed E-state index contributed by atoms with van der Waals surface area (Å²) in [5.41, 5.74) is 5.65. The monoisotopic (exact) mass is 297 g/mol. The number of nitrogens with zero attached hydrogens (tertiary/aromatic N) is 2. The van der Waals surface area contributed by atoms with Crippen LogP contribution in [0, 0.1) is 5.92 Å². The van der Waals surface area contributed by atoms with E-state index in [1.54, 1.807) is 0 Å². The first-order valence-electron chi connectivity index (χ1n) is 7.86. The molecule has 6 nitrogen and oxygen atoms in total. The third-order valence-corrected chi connectivity index (χ3v) is 3.81. The molecular formula is C15H27N3O3. The second-order valence-electron chi connectivity index (χ2n) is 6.15. The van der Waals surface area contributed by atoms with Crippen LogP contribution in [-0.4, -0.2) is 36.0 Å². The minimum atomic E-state index is -0.461. The first kappa shape index (κ1) is 16.4. The molecule has 1 fully saturated rings. The molecule has 1 aromatic heterocycles. The predicted octanol–water partition coefficient (Wildman–Crippen LogP) is 2.03. The van der Waals surface area contributed by atoms with Crippen molar-refractivity contribution in [1.82, 2.24) is 10.1 Å². The molecule has 2 rings (SSSR count). The van der Waals surface area contributed by atoms with E-state index in [1.807, 2.05) is 6.92 Å². The van der Waals surface area contributed by atoms with Crippen LogP contribution in [0.3, 0.4) is 0 Å². The van der Waals surface area contributed by atoms with Gasteiger partial charge in [-0.2, -0.15) is 4.98 Å². The van der Waals surface area contributed by atoms with E-state index in [2.05, 4.69) is 24.0 Å². The second kappa shape index (κ2) is 7.33. The third-order valence-electron chi connectivity index (χ3n) is 3.81. The van der Waals surface area contributed by atoms with Crippen LogP contribution < -0.4 is 5.73 Å². The summed E-state index contributed by atoms with van der Waals surface area (Å²) in [5, 5.41) is 4.14. The van der Waals surface area contributed by atoms with Gasteiger partial charge in [-0.25, -0.2) is 0 Å². The summed E-state index contributed by atoms with van der Waals surface area (Å²) in [6.45, 7) is 8.25. The molecule has 1 saturated heterocycles. The van der Waals surface area contributed by atoms with Crippen molar-refractivity contribution in [2.75, 3.05) is 19.8 Å². The topological polar surface area (TPSA) is 83.4 Å². The molecule has 0 radical (unpaired) electrons. The highest BCUT2D eigenvalue weighted by molar-refractivity contribution is 5.03. The average molecular weight is 297 g/mol. The number of ether oxygens (including phenoxy) is 2. The van der Waals surface area contributed by atoms with Gasteiger partial charge in [-0.15, -0.1) is 0 Å². The molecule has 1 aliphatic rings. The van der Waals surface area contributed by atoms with E-state index in [0.717, 1.165) is 19.3 Å². The molecule has 21 heavy (non-hydrogen) atoms. The molecule has 2 heterocycles. The Morgan fingerprint density at radius 2 is 2.05 bits per heavy atom. The number of aromatic nitrogens is 2. The van der Waals surface area contributed by atoms with E-state index in [9.17, 15) is 0 Å². The van der Waals surface area contributed by atoms with Crippen LogP contribution in [0.2, 0.25) is 0 Å². The Morgan fingerprint density at radius 1 is 1.33 bits per heavy atom. The molecule has 0 spiro atoms. The number of nitrogens with two attached hydrogens (primary N) is 1. The highest BCUT2D eigenvalue weighted by atomic mass is 16.5. The minimum absolute atomic E-state index is 0.0519. The molecule has 0 amide bonds. The van der Waals surface area contributed by atoms with Crippen molar-refractivity contribution in [2.45, 2.75) is 58.1 Å². The average Bonchev–Trinajstić information content (AvgIpc) is 2.88. The predicted molar refractivity (Wildman–Crippen MR) is 78.8 cm³/mol. The van der Waals surface area contributed by atoms with Crippen molar-refractivity contribution in [1.29, 1.82) is 0 Å². The number of rotatable bonds is 7. The van der Waals surface area contributed by atoms with Crippen LogP contribution in [0.4, 0.5) is 0 Å². The Hall–Kier alpha value is -0.980. The summed E-state index contributed by atoms with van der Waals surface area (Å²) < 4.78 is 16.7. The van der Waals surface area contributed by atoms with Crippen LogP contribution in [0.5, 0.6) is 0 Å². The van der Waals surface area contributed by atoms with Crippen LogP contribution in [0.15, 0.2) is 4.52 Å². The lowest BCUT2D eigenvalue weighted by atomic mass is 9.93. The van der Waals surface area contributed by atoms with Gasteiger partial charge in [-0.05, 0) is 19.3 Å². The Labute approximate surface area is 126 Å². The molecule has 0 bridgehead atoms. The Bertz CT molecular complexity index is 422. The molecular weight excluding hydrogens is 270 g/mol. The van der Waals surface area contributed by atoms with Gasteiger partial charge in [0.1, 0.15) is 5.60 Å². The zero-order valence-corrected chi connectivity index (χ0v) is 13.3. The third kappa shape index (κ3) is 4.25. The summed E-state index contributed by atoms with van der Waals surface area (Å²) in [6, 6.07) is 0.0519. The normalized spacial score (nSPS) is 19.9. The van der Waals surface area contributed by atoms with E-state index >= 15 is 0 Å². The largest absolute Gasteiger partial charge is 0.381 e. The van der Waals surface area contributed by atoms with Gasteiger partial charge in [0.25, 0.3) is 0 Å². The van der Waals surface area contributed by atoms with Gasteiger partial charge in [0.15, 0.2) is 0 Å². The van der Waals surface area contributed by atoms with Gasteiger partial charge >= 0.3 is 0 Å². The molecule has 1 unspecified atom stereocenters. The van der Waals surface area contributed by atoms with Crippen LogP contribution >= 0.6 is 0 Å². The lowest BCUT2D eigenvalue weighted by Crippen LogP contribution is -2.37. The lowest BCUT2D eigenvalue weighted by molar-refractivity contribution is -0.118. The van der Waals surface area contributed by atoms with Gasteiger partial charge in [-0.3, -0.25) is 0 Å². The molecule has 6 heteroatoms. The quantitative estimate of drug-likeness (QED) is 0.829. The van der Waals surface area contributed by atoms with Crippen LogP contribution in [0.1, 0.15) is 51.7 Å². The van der Waals surface area contributed by atoms with Gasteiger partial charge in [0.2, 0.25) is 11.7 Å². The standard InChI is InChI=1S/C15H27N3O3/c1-4-20-15(5-7-19-8-6-15)14-17-13(21-18-14)10-12(16)9-11(2)3/h11-12H,4-10,16H2,1-3H3. The minimum Gasteiger partial charge on any atom is -0.381 e. The Balaban J connectivity index is 2.06. The van der Waals surface area contributed by atoms with Gasteiger partial charge in [0, 0.05) is 45.1 Å². The van der Waals surface area contributed by atoms with Gasteiger partial charge < -0.3 is 19.7 Å². The van der Waals surface area contributed by atoms with E-state index in [4.69, 9.17) is 19.7 Å². The SMILES string of the molecule is CCOC1(c2noc(CC(N)CC(C)C)n2)CCOCC1. The van der Waals surface area contributed by atoms with Crippen molar-refractivity contribution in [3.05, 3.63) is 11.7 Å². The first-order chi connectivity index (χ1) is 10.1. The summed E-state index contributed by atoms with van der Waals surface area (Å²) in [4.78, 5) is 4.53. The fourth-order valence-electron chi connectivity index (χ4n) is 2.85. The van der Waals surface area contributed by atoms with Crippen molar-refractivity contribution >= 4 is 0 Å². The molecule has 0 aromatic carbocycles. The van der Waals surface area contributed by atoms with Gasteiger partial charge in [0.05, 0.1) is 0 Å². The second-order valence-corrected chi connectivity index (χ2v) is 6.15. The maximum atomic E-state index is 6.11. The highest BCUT2D eigenvalue weighted by Gasteiger charge is 2.39. The summed E-state index contributed by atoms with van der Waals surface area (Å²) >= 11 is 0. The van der Waals surface area contributed by atoms with E-state index in [-0.39, 0.29) is 6.04 Å². The number of hydrogen-bond donors (Lipinski definition) is 1. The summed E-state index contributed by atoms with van der Waals surface area (Å²) in [5.74, 6) is 1.80. The van der Waals surface area contributed by atoms with Crippen LogP contribution in [-0.2, 0) is 21.5 Å². The summed E-state index contributed by atoms with van der Waals surface area (Å²) in [6.07, 6.45) is 3.09. The zero-order chi connectivity index (χ0) is 15.3. The van der Waals surface area contributed by atoms with Gasteiger partial charge in [-0.1, -0.05) is 19.0 Å². The number of hydrogen-bond acceptors (Lipinski definition) is 6. The molecule has 1 aromatic rings. The molecule has 2 N–H and O–H groups in total. The maximum Gasteiger partial charge on any atom is 0.228 e. The first-order valence-corrected chi connectivity index (χ1v) is 7.86. The Kier molecular flexibility index (Phi) is 5.72. The molecule has 1 aliphatic heterocycles. The van der Waals surface area contributed by atoms with Crippen molar-refractivity contribution in [3.8, 4) is 0 Å². The van der Waals surface area contributed by atoms with E-state index in [1.165, 1.54) is 0 Å². The maximum absolute atomic E-state index is 6.11. The zero-order valence-electron chi connectivity index (χ0n) is 13.3. The highest BCUT2D eigenvalue weighted by Crippen LogP contribution is 2.34. The summed E-state index contributed by atoms with van der Waals surface area (Å²) in [7, 11) is 0. The van der Waals surface area contributed by atoms with Crippen molar-refractivity contribution < 1.29 is 14.0 Å². The van der Waals surface area contributed by atoms with Crippen molar-refractivity contribution in [3.63, 3.8) is 0 Å². The van der Waals surface area contributed by atoms with E-state index in [0.29, 0.717) is 43.9 Å². The fourth-order valence-corrected chi connectivity index (χ4v) is 2.85. The fraction of sp³-hybridized carbons (Fsp3) is 0.867. The van der Waals surface area contributed by atoms with Crippen LogP contribution in [0.25, 0.3) is 0 Å². The molecule has 0 aliphatic carbocycles.